The first-order valence-electron chi connectivity index (χ1n) is 5.55. The van der Waals surface area contributed by atoms with Gasteiger partial charge in [-0.05, 0) is 41.8 Å². The number of halogens is 1. The van der Waals surface area contributed by atoms with E-state index < -0.39 is 0 Å². The van der Waals surface area contributed by atoms with E-state index in [-0.39, 0.29) is 18.1 Å². The number of carbonyl (C=O) groups is 1. The second-order valence-corrected chi connectivity index (χ2v) is 4.05. The third-order valence-electron chi connectivity index (χ3n) is 2.85. The minimum atomic E-state index is -0.312. The van der Waals surface area contributed by atoms with E-state index in [9.17, 15) is 9.18 Å². The van der Waals surface area contributed by atoms with Gasteiger partial charge >= 0.3 is 0 Å². The third-order valence-corrected chi connectivity index (χ3v) is 2.85. The lowest BCUT2D eigenvalue weighted by Crippen LogP contribution is -2.08. The van der Waals surface area contributed by atoms with E-state index in [2.05, 4.69) is 0 Å². The summed E-state index contributed by atoms with van der Waals surface area (Å²) in [5.74, 6) is -0.136. The van der Waals surface area contributed by atoms with Crippen molar-refractivity contribution in [1.82, 2.24) is 4.57 Å². The Kier molecular flexibility index (Phi) is 2.48. The molecular weight excluding hydrogens is 233 g/mol. The minimum absolute atomic E-state index is 0.137. The van der Waals surface area contributed by atoms with Gasteiger partial charge in [-0.15, -0.1) is 0 Å². The van der Waals surface area contributed by atoms with Crippen LogP contribution in [0.15, 0.2) is 53.3 Å². The molecule has 0 radical (unpaired) electrons. The molecule has 3 rings (SSSR count). The lowest BCUT2D eigenvalue weighted by Gasteiger charge is -2.03. The fourth-order valence-corrected chi connectivity index (χ4v) is 1.96. The van der Waals surface area contributed by atoms with E-state index in [0.717, 1.165) is 5.39 Å². The normalized spacial score (nSPS) is 10.9. The van der Waals surface area contributed by atoms with Crippen LogP contribution in [0.3, 0.4) is 0 Å². The summed E-state index contributed by atoms with van der Waals surface area (Å²) in [5.41, 5.74) is 0.704. The van der Waals surface area contributed by atoms with Crippen molar-refractivity contribution in [3.63, 3.8) is 0 Å². The highest BCUT2D eigenvalue weighted by Gasteiger charge is 2.11. The van der Waals surface area contributed by atoms with Gasteiger partial charge in [0.15, 0.2) is 5.76 Å². The highest BCUT2D eigenvalue weighted by Crippen LogP contribution is 2.17. The lowest BCUT2D eigenvalue weighted by atomic mass is 10.2. The van der Waals surface area contributed by atoms with Crippen LogP contribution in [0.1, 0.15) is 10.6 Å². The van der Waals surface area contributed by atoms with Gasteiger partial charge in [-0.25, -0.2) is 4.39 Å². The van der Waals surface area contributed by atoms with Gasteiger partial charge in [0, 0.05) is 6.20 Å². The first-order chi connectivity index (χ1) is 8.74. The molecule has 0 aliphatic rings. The Balaban J connectivity index is 1.95. The summed E-state index contributed by atoms with van der Waals surface area (Å²) >= 11 is 0. The van der Waals surface area contributed by atoms with Crippen LogP contribution in [0.4, 0.5) is 4.39 Å². The Morgan fingerprint density at radius 2 is 2.17 bits per heavy atom. The zero-order valence-electron chi connectivity index (χ0n) is 9.47. The topological polar surface area (TPSA) is 35.1 Å². The van der Waals surface area contributed by atoms with Crippen molar-refractivity contribution in [1.29, 1.82) is 0 Å². The maximum absolute atomic E-state index is 13.2. The third kappa shape index (κ3) is 1.82. The van der Waals surface area contributed by atoms with Crippen molar-refractivity contribution < 1.29 is 13.6 Å². The summed E-state index contributed by atoms with van der Waals surface area (Å²) in [4.78, 5) is 11.9. The fourth-order valence-electron chi connectivity index (χ4n) is 1.96. The zero-order valence-corrected chi connectivity index (χ0v) is 9.47. The number of hydrogen-bond acceptors (Lipinski definition) is 2. The molecule has 0 aliphatic carbocycles. The monoisotopic (exact) mass is 243 g/mol. The number of nitrogens with zero attached hydrogens (tertiary/aromatic N) is 1. The largest absolute Gasteiger partial charge is 0.461 e. The van der Waals surface area contributed by atoms with Crippen LogP contribution >= 0.6 is 0 Å². The highest BCUT2D eigenvalue weighted by atomic mass is 19.1. The number of rotatable bonds is 3. The maximum atomic E-state index is 13.2. The molecule has 18 heavy (non-hydrogen) atoms. The molecule has 90 valence electrons. The summed E-state index contributed by atoms with van der Waals surface area (Å²) in [6, 6.07) is 9.66. The molecule has 0 amide bonds. The van der Waals surface area contributed by atoms with Crippen molar-refractivity contribution in [2.24, 2.45) is 0 Å². The van der Waals surface area contributed by atoms with Gasteiger partial charge in [-0.1, -0.05) is 0 Å². The first kappa shape index (κ1) is 10.8. The second-order valence-electron chi connectivity index (χ2n) is 4.05. The standard InChI is InChI=1S/C14H10FNO2/c15-11-4-3-10-5-6-16(12(10)8-11)9-13(17)14-2-1-7-18-14/h1-8H,9H2. The van der Waals surface area contributed by atoms with Crippen molar-refractivity contribution in [3.8, 4) is 0 Å². The highest BCUT2D eigenvalue weighted by molar-refractivity contribution is 5.94. The van der Waals surface area contributed by atoms with E-state index in [1.54, 1.807) is 29.0 Å². The van der Waals surface area contributed by atoms with Crippen molar-refractivity contribution >= 4 is 16.7 Å². The molecule has 3 aromatic rings. The Labute approximate surface area is 102 Å². The number of Topliss-reactive ketones (excluding diaryl/α,β-unsaturated/α-hetero) is 1. The van der Waals surface area contributed by atoms with E-state index in [4.69, 9.17) is 4.42 Å². The van der Waals surface area contributed by atoms with Gasteiger partial charge in [0.2, 0.25) is 5.78 Å². The molecule has 2 aromatic heterocycles. The molecule has 1 aromatic carbocycles. The SMILES string of the molecule is O=C(Cn1ccc2ccc(F)cc21)c1ccco1. The molecular formula is C14H10FNO2. The summed E-state index contributed by atoms with van der Waals surface area (Å²) in [7, 11) is 0. The molecule has 0 spiro atoms. The predicted octanol–water partition coefficient (Wildman–Crippen LogP) is 3.26. The summed E-state index contributed by atoms with van der Waals surface area (Å²) in [6.07, 6.45) is 3.23. The lowest BCUT2D eigenvalue weighted by molar-refractivity contribution is 0.0946. The Morgan fingerprint density at radius 1 is 1.28 bits per heavy atom. The molecule has 3 nitrogen and oxygen atoms in total. The maximum Gasteiger partial charge on any atom is 0.217 e. The molecule has 0 aliphatic heterocycles. The van der Waals surface area contributed by atoms with Gasteiger partial charge in [-0.3, -0.25) is 4.79 Å². The Morgan fingerprint density at radius 3 is 2.94 bits per heavy atom. The van der Waals surface area contributed by atoms with E-state index in [1.165, 1.54) is 18.4 Å². The van der Waals surface area contributed by atoms with Gasteiger partial charge in [0.1, 0.15) is 5.82 Å². The summed E-state index contributed by atoms with van der Waals surface area (Å²) in [5, 5.41) is 0.906. The molecule has 0 fully saturated rings. The number of benzene rings is 1. The molecule has 0 unspecified atom stereocenters. The molecule has 0 saturated heterocycles. The number of aromatic nitrogens is 1. The van der Waals surface area contributed by atoms with Gasteiger partial charge in [-0.2, -0.15) is 0 Å². The molecule has 0 bridgehead atoms. The Hall–Kier alpha value is -2.36. The van der Waals surface area contributed by atoms with Crippen LogP contribution in [0.2, 0.25) is 0 Å². The van der Waals surface area contributed by atoms with Crippen LogP contribution in [0, 0.1) is 5.82 Å². The fraction of sp³-hybridized carbons (Fsp3) is 0.0714. The van der Waals surface area contributed by atoms with E-state index >= 15 is 0 Å². The van der Waals surface area contributed by atoms with Crippen LogP contribution in [0.5, 0.6) is 0 Å². The average Bonchev–Trinajstić information content (AvgIpc) is 2.99. The first-order valence-corrected chi connectivity index (χ1v) is 5.55. The van der Waals surface area contributed by atoms with Crippen LogP contribution in [-0.2, 0) is 6.54 Å². The number of furan rings is 1. The number of carbonyl (C=O) groups excluding carboxylic acids is 1. The average molecular weight is 243 g/mol. The van der Waals surface area contributed by atoms with Gasteiger partial charge in [0.05, 0.1) is 18.3 Å². The second kappa shape index (κ2) is 4.14. The van der Waals surface area contributed by atoms with Crippen molar-refractivity contribution in [2.75, 3.05) is 0 Å². The van der Waals surface area contributed by atoms with Gasteiger partial charge < -0.3 is 8.98 Å². The molecule has 0 N–H and O–H groups in total. The van der Waals surface area contributed by atoms with Crippen LogP contribution in [-0.4, -0.2) is 10.4 Å². The van der Waals surface area contributed by atoms with E-state index in [0.29, 0.717) is 11.3 Å². The molecule has 4 heteroatoms. The van der Waals surface area contributed by atoms with Crippen molar-refractivity contribution in [3.05, 3.63) is 60.4 Å². The van der Waals surface area contributed by atoms with E-state index in [1.807, 2.05) is 6.07 Å². The van der Waals surface area contributed by atoms with Gasteiger partial charge in [0.25, 0.3) is 0 Å². The predicted molar refractivity (Wildman–Crippen MR) is 64.9 cm³/mol. The van der Waals surface area contributed by atoms with Crippen molar-refractivity contribution in [2.45, 2.75) is 6.54 Å². The molecule has 0 saturated carbocycles. The number of fused-ring (bicyclic) bond motifs is 1. The minimum Gasteiger partial charge on any atom is -0.461 e. The summed E-state index contributed by atoms with van der Waals surface area (Å²) in [6.45, 7) is 0.139. The smallest absolute Gasteiger partial charge is 0.217 e. The Bertz CT molecular complexity index is 698. The van der Waals surface area contributed by atoms with Crippen LogP contribution in [0.25, 0.3) is 10.9 Å². The zero-order chi connectivity index (χ0) is 12.5. The number of ketones is 1. The summed E-state index contributed by atoms with van der Waals surface area (Å²) < 4.78 is 19.9. The number of hydrogen-bond donors (Lipinski definition) is 0. The molecule has 0 atom stereocenters. The van der Waals surface area contributed by atoms with Crippen LogP contribution < -0.4 is 0 Å². The molecule has 2 heterocycles. The quantitative estimate of drug-likeness (QED) is 0.662.